The minimum Gasteiger partial charge on any atom is -0.344 e. The van der Waals surface area contributed by atoms with E-state index in [-0.39, 0.29) is 11.9 Å². The summed E-state index contributed by atoms with van der Waals surface area (Å²) in [6.45, 7) is 1.94. The van der Waals surface area contributed by atoms with Crippen molar-refractivity contribution >= 4 is 17.5 Å². The van der Waals surface area contributed by atoms with Gasteiger partial charge < -0.3 is 5.32 Å². The molecule has 1 unspecified atom stereocenters. The molecular formula is C19H16ClN3O. The molecule has 0 aliphatic carbocycles. The average Bonchev–Trinajstić information content (AvgIpc) is 2.63. The summed E-state index contributed by atoms with van der Waals surface area (Å²) in [7, 11) is 0. The quantitative estimate of drug-likeness (QED) is 0.772. The number of nitrogens with one attached hydrogen (secondary N) is 1. The molecule has 2 aromatic carbocycles. The van der Waals surface area contributed by atoms with Gasteiger partial charge in [-0.2, -0.15) is 0 Å². The zero-order valence-electron chi connectivity index (χ0n) is 13.1. The molecule has 5 heteroatoms. The zero-order chi connectivity index (χ0) is 16.9. The van der Waals surface area contributed by atoms with Gasteiger partial charge in [0.15, 0.2) is 0 Å². The lowest BCUT2D eigenvalue weighted by molar-refractivity contribution is 0.0934. The summed E-state index contributed by atoms with van der Waals surface area (Å²) in [6, 6.07) is 18.7. The summed E-state index contributed by atoms with van der Waals surface area (Å²) >= 11 is 5.90. The number of hydrogen-bond donors (Lipinski definition) is 1. The molecule has 0 bridgehead atoms. The van der Waals surface area contributed by atoms with E-state index in [0.717, 1.165) is 11.1 Å². The molecule has 3 rings (SSSR count). The van der Waals surface area contributed by atoms with Crippen LogP contribution in [0, 0.1) is 0 Å². The van der Waals surface area contributed by atoms with Crippen molar-refractivity contribution < 1.29 is 4.79 Å². The van der Waals surface area contributed by atoms with Crippen LogP contribution < -0.4 is 5.32 Å². The standard InChI is InChI=1S/C19H16ClN3O/c1-13(14-5-3-2-4-6-14)23-19(24)18-11-17(21-12-22-18)15-7-9-16(20)10-8-15/h2-13H,1H3,(H,23,24). The summed E-state index contributed by atoms with van der Waals surface area (Å²) < 4.78 is 0. The van der Waals surface area contributed by atoms with Crippen LogP contribution in [0.25, 0.3) is 11.3 Å². The van der Waals surface area contributed by atoms with Crippen LogP contribution in [-0.2, 0) is 0 Å². The molecule has 4 nitrogen and oxygen atoms in total. The van der Waals surface area contributed by atoms with E-state index in [9.17, 15) is 4.79 Å². The van der Waals surface area contributed by atoms with Gasteiger partial charge in [-0.15, -0.1) is 0 Å². The van der Waals surface area contributed by atoms with E-state index in [1.54, 1.807) is 18.2 Å². The van der Waals surface area contributed by atoms with Crippen molar-refractivity contribution in [3.8, 4) is 11.3 Å². The van der Waals surface area contributed by atoms with Gasteiger partial charge in [-0.1, -0.05) is 54.1 Å². The molecule has 0 radical (unpaired) electrons. The fraction of sp³-hybridized carbons (Fsp3) is 0.105. The number of benzene rings is 2. The lowest BCUT2D eigenvalue weighted by atomic mass is 10.1. The van der Waals surface area contributed by atoms with Crippen molar-refractivity contribution in [1.82, 2.24) is 15.3 Å². The highest BCUT2D eigenvalue weighted by molar-refractivity contribution is 6.30. The first kappa shape index (κ1) is 16.1. The van der Waals surface area contributed by atoms with Crippen LogP contribution in [0.2, 0.25) is 5.02 Å². The van der Waals surface area contributed by atoms with E-state index in [1.165, 1.54) is 6.33 Å². The van der Waals surface area contributed by atoms with E-state index in [0.29, 0.717) is 16.4 Å². The minimum atomic E-state index is -0.232. The lowest BCUT2D eigenvalue weighted by Crippen LogP contribution is -2.27. The maximum absolute atomic E-state index is 12.4. The Morgan fingerprint density at radius 1 is 1.04 bits per heavy atom. The second-order valence-electron chi connectivity index (χ2n) is 5.40. The largest absolute Gasteiger partial charge is 0.344 e. The van der Waals surface area contributed by atoms with Crippen LogP contribution in [-0.4, -0.2) is 15.9 Å². The summed E-state index contributed by atoms with van der Waals surface area (Å²) in [5.74, 6) is -0.232. The Hall–Kier alpha value is -2.72. The third kappa shape index (κ3) is 3.78. The predicted octanol–water partition coefficient (Wildman–Crippen LogP) is 4.29. The Balaban J connectivity index is 1.78. The second-order valence-corrected chi connectivity index (χ2v) is 5.84. The van der Waals surface area contributed by atoms with Gasteiger partial charge >= 0.3 is 0 Å². The van der Waals surface area contributed by atoms with Gasteiger partial charge in [0.25, 0.3) is 5.91 Å². The van der Waals surface area contributed by atoms with Crippen LogP contribution in [0.1, 0.15) is 29.0 Å². The molecule has 1 aromatic heterocycles. The number of halogens is 1. The van der Waals surface area contributed by atoms with Gasteiger partial charge in [0, 0.05) is 10.6 Å². The lowest BCUT2D eigenvalue weighted by Gasteiger charge is -2.14. The zero-order valence-corrected chi connectivity index (χ0v) is 13.9. The molecular weight excluding hydrogens is 322 g/mol. The number of carbonyl (C=O) groups excluding carboxylic acids is 1. The Kier molecular flexibility index (Phi) is 4.87. The van der Waals surface area contributed by atoms with Crippen LogP contribution in [0.5, 0.6) is 0 Å². The number of amides is 1. The maximum atomic E-state index is 12.4. The van der Waals surface area contributed by atoms with E-state index >= 15 is 0 Å². The topological polar surface area (TPSA) is 54.9 Å². The third-order valence-electron chi connectivity index (χ3n) is 3.69. The summed E-state index contributed by atoms with van der Waals surface area (Å²) in [4.78, 5) is 20.7. The average molecular weight is 338 g/mol. The molecule has 1 amide bonds. The van der Waals surface area contributed by atoms with Crippen molar-refractivity contribution in [2.24, 2.45) is 0 Å². The first-order valence-corrected chi connectivity index (χ1v) is 7.95. The molecule has 1 N–H and O–H groups in total. The summed E-state index contributed by atoms with van der Waals surface area (Å²) in [5, 5.41) is 3.60. The van der Waals surface area contributed by atoms with Crippen molar-refractivity contribution in [2.75, 3.05) is 0 Å². The van der Waals surface area contributed by atoms with Crippen LogP contribution in [0.3, 0.4) is 0 Å². The molecule has 1 heterocycles. The van der Waals surface area contributed by atoms with Crippen LogP contribution >= 0.6 is 11.6 Å². The molecule has 0 saturated heterocycles. The van der Waals surface area contributed by atoms with Crippen LogP contribution in [0.4, 0.5) is 0 Å². The molecule has 3 aromatic rings. The Bertz CT molecular complexity index is 835. The molecule has 120 valence electrons. The maximum Gasteiger partial charge on any atom is 0.270 e. The SMILES string of the molecule is CC(NC(=O)c1cc(-c2ccc(Cl)cc2)ncn1)c1ccccc1. The van der Waals surface area contributed by atoms with E-state index in [2.05, 4.69) is 15.3 Å². The first-order valence-electron chi connectivity index (χ1n) is 7.57. The molecule has 1 atom stereocenters. The number of hydrogen-bond acceptors (Lipinski definition) is 3. The highest BCUT2D eigenvalue weighted by Crippen LogP contribution is 2.20. The molecule has 0 spiro atoms. The Morgan fingerprint density at radius 2 is 1.75 bits per heavy atom. The molecule has 0 aliphatic heterocycles. The number of carbonyl (C=O) groups is 1. The normalized spacial score (nSPS) is 11.8. The van der Waals surface area contributed by atoms with Crippen molar-refractivity contribution in [2.45, 2.75) is 13.0 Å². The van der Waals surface area contributed by atoms with Gasteiger partial charge in [-0.25, -0.2) is 9.97 Å². The minimum absolute atomic E-state index is 0.104. The first-order chi connectivity index (χ1) is 11.6. The monoisotopic (exact) mass is 337 g/mol. The fourth-order valence-corrected chi connectivity index (χ4v) is 2.48. The van der Waals surface area contributed by atoms with Gasteiger partial charge in [-0.05, 0) is 30.7 Å². The van der Waals surface area contributed by atoms with E-state index < -0.39 is 0 Å². The van der Waals surface area contributed by atoms with Crippen molar-refractivity contribution in [3.05, 3.63) is 83.3 Å². The van der Waals surface area contributed by atoms with Gasteiger partial charge in [0.1, 0.15) is 12.0 Å². The fourth-order valence-electron chi connectivity index (χ4n) is 2.36. The number of aromatic nitrogens is 2. The molecule has 24 heavy (non-hydrogen) atoms. The number of nitrogens with zero attached hydrogens (tertiary/aromatic N) is 2. The van der Waals surface area contributed by atoms with E-state index in [4.69, 9.17) is 11.6 Å². The van der Waals surface area contributed by atoms with Gasteiger partial charge in [0.2, 0.25) is 0 Å². The van der Waals surface area contributed by atoms with Gasteiger partial charge in [-0.3, -0.25) is 4.79 Å². The summed E-state index contributed by atoms with van der Waals surface area (Å²) in [6.07, 6.45) is 1.39. The summed E-state index contributed by atoms with van der Waals surface area (Å²) in [5.41, 5.74) is 2.93. The predicted molar refractivity (Wildman–Crippen MR) is 94.8 cm³/mol. The van der Waals surface area contributed by atoms with E-state index in [1.807, 2.05) is 49.4 Å². The Labute approximate surface area is 145 Å². The van der Waals surface area contributed by atoms with Crippen LogP contribution in [0.15, 0.2) is 67.0 Å². The number of rotatable bonds is 4. The van der Waals surface area contributed by atoms with Gasteiger partial charge in [0.05, 0.1) is 11.7 Å². The Morgan fingerprint density at radius 3 is 2.46 bits per heavy atom. The highest BCUT2D eigenvalue weighted by Gasteiger charge is 2.13. The molecule has 0 saturated carbocycles. The van der Waals surface area contributed by atoms with Crippen molar-refractivity contribution in [3.63, 3.8) is 0 Å². The van der Waals surface area contributed by atoms with Crippen molar-refractivity contribution in [1.29, 1.82) is 0 Å². The highest BCUT2D eigenvalue weighted by atomic mass is 35.5. The third-order valence-corrected chi connectivity index (χ3v) is 3.94. The smallest absolute Gasteiger partial charge is 0.270 e. The second kappa shape index (κ2) is 7.23. The molecule has 0 fully saturated rings. The molecule has 0 aliphatic rings.